The molecule has 19 heavy (non-hydrogen) atoms. The van der Waals surface area contributed by atoms with E-state index in [0.717, 1.165) is 32.6 Å². The van der Waals surface area contributed by atoms with E-state index in [4.69, 9.17) is 5.11 Å². The highest BCUT2D eigenvalue weighted by atomic mass is 16.3. The number of anilines is 1. The summed E-state index contributed by atoms with van der Waals surface area (Å²) in [5, 5.41) is 18.4. The van der Waals surface area contributed by atoms with Crippen LogP contribution >= 0.6 is 0 Å². The zero-order chi connectivity index (χ0) is 13.7. The number of hydrogen-bond donors (Lipinski definition) is 2. The van der Waals surface area contributed by atoms with Gasteiger partial charge < -0.3 is 15.1 Å². The third kappa shape index (κ3) is 3.93. The van der Waals surface area contributed by atoms with Crippen LogP contribution in [-0.4, -0.2) is 60.5 Å². The monoisotopic (exact) mass is 264 g/mol. The van der Waals surface area contributed by atoms with Gasteiger partial charge in [-0.25, -0.2) is 0 Å². The summed E-state index contributed by atoms with van der Waals surface area (Å²) in [5.74, 6) is 0. The molecule has 0 amide bonds. The van der Waals surface area contributed by atoms with Gasteiger partial charge in [-0.2, -0.15) is 0 Å². The number of benzene rings is 1. The number of para-hydroxylation sites is 1. The average molecular weight is 264 g/mol. The molecule has 0 radical (unpaired) electrons. The van der Waals surface area contributed by atoms with Crippen LogP contribution in [0.15, 0.2) is 24.3 Å². The second-order valence-electron chi connectivity index (χ2n) is 5.26. The van der Waals surface area contributed by atoms with Crippen LogP contribution in [0.4, 0.5) is 5.69 Å². The summed E-state index contributed by atoms with van der Waals surface area (Å²) >= 11 is 0. The molecule has 0 unspecified atom stereocenters. The van der Waals surface area contributed by atoms with E-state index in [9.17, 15) is 5.11 Å². The van der Waals surface area contributed by atoms with Crippen molar-refractivity contribution in [3.8, 4) is 0 Å². The molecular formula is C15H24N2O2. The Morgan fingerprint density at radius 2 is 1.95 bits per heavy atom. The van der Waals surface area contributed by atoms with Crippen LogP contribution in [0.5, 0.6) is 0 Å². The molecule has 2 rings (SSSR count). The second kappa shape index (κ2) is 6.89. The molecule has 1 aliphatic rings. The predicted molar refractivity (Wildman–Crippen MR) is 77.5 cm³/mol. The fraction of sp³-hybridized carbons (Fsp3) is 0.600. The Morgan fingerprint density at radius 1 is 1.16 bits per heavy atom. The van der Waals surface area contributed by atoms with Gasteiger partial charge in [-0.1, -0.05) is 18.2 Å². The molecule has 0 bridgehead atoms. The van der Waals surface area contributed by atoms with Crippen LogP contribution < -0.4 is 4.90 Å². The zero-order valence-electron chi connectivity index (χ0n) is 11.6. The molecule has 0 aliphatic carbocycles. The van der Waals surface area contributed by atoms with Crippen molar-refractivity contribution in [3.05, 3.63) is 29.8 Å². The van der Waals surface area contributed by atoms with Crippen molar-refractivity contribution in [2.75, 3.05) is 44.2 Å². The first-order valence-electron chi connectivity index (χ1n) is 7.02. The molecular weight excluding hydrogens is 240 g/mol. The maximum Gasteiger partial charge on any atom is 0.0897 e. The number of rotatable bonds is 4. The van der Waals surface area contributed by atoms with Gasteiger partial charge in [0.15, 0.2) is 0 Å². The molecule has 1 atom stereocenters. The van der Waals surface area contributed by atoms with Crippen molar-refractivity contribution in [1.29, 1.82) is 0 Å². The van der Waals surface area contributed by atoms with E-state index >= 15 is 0 Å². The number of β-amino-alcohol motifs (C(OH)–C–C–N with tert-alkyl or cyclic N) is 1. The minimum Gasteiger partial charge on any atom is -0.394 e. The lowest BCUT2D eigenvalue weighted by atomic mass is 10.2. The molecule has 0 spiro atoms. The fourth-order valence-electron chi connectivity index (χ4n) is 2.67. The molecule has 106 valence electrons. The molecule has 0 saturated carbocycles. The van der Waals surface area contributed by atoms with Crippen molar-refractivity contribution in [2.45, 2.75) is 19.4 Å². The quantitative estimate of drug-likeness (QED) is 0.847. The number of nitrogens with zero attached hydrogens (tertiary/aromatic N) is 2. The molecule has 0 aromatic heterocycles. The highest BCUT2D eigenvalue weighted by Crippen LogP contribution is 2.20. The first-order valence-corrected chi connectivity index (χ1v) is 7.02. The first-order chi connectivity index (χ1) is 9.20. The summed E-state index contributed by atoms with van der Waals surface area (Å²) in [6.07, 6.45) is 0.469. The van der Waals surface area contributed by atoms with Crippen molar-refractivity contribution in [3.63, 3.8) is 0 Å². The van der Waals surface area contributed by atoms with Gasteiger partial charge >= 0.3 is 0 Å². The van der Waals surface area contributed by atoms with Gasteiger partial charge in [0, 0.05) is 31.9 Å². The number of aliphatic hydroxyl groups is 2. The summed E-state index contributed by atoms with van der Waals surface area (Å²) in [6.45, 7) is 6.51. The molecule has 2 N–H and O–H groups in total. The molecule has 1 aromatic carbocycles. The van der Waals surface area contributed by atoms with Crippen molar-refractivity contribution in [1.82, 2.24) is 4.90 Å². The van der Waals surface area contributed by atoms with Gasteiger partial charge in [-0.15, -0.1) is 0 Å². The topological polar surface area (TPSA) is 46.9 Å². The number of hydrogen-bond acceptors (Lipinski definition) is 4. The first kappa shape index (κ1) is 14.3. The van der Waals surface area contributed by atoms with Gasteiger partial charge in [0.25, 0.3) is 0 Å². The Labute approximate surface area is 115 Å². The SMILES string of the molecule is Cc1ccccc1N1CCCN(C[C@@H](O)CO)CC1. The fourth-order valence-corrected chi connectivity index (χ4v) is 2.67. The van der Waals surface area contributed by atoms with Crippen LogP contribution in [0.25, 0.3) is 0 Å². The lowest BCUT2D eigenvalue weighted by Crippen LogP contribution is -2.37. The van der Waals surface area contributed by atoms with Crippen LogP contribution in [0.3, 0.4) is 0 Å². The molecule has 4 heteroatoms. The van der Waals surface area contributed by atoms with Gasteiger partial charge in [0.2, 0.25) is 0 Å². The van der Waals surface area contributed by atoms with Gasteiger partial charge in [0.05, 0.1) is 12.7 Å². The number of aliphatic hydroxyl groups excluding tert-OH is 2. The lowest BCUT2D eigenvalue weighted by Gasteiger charge is -2.25. The molecule has 4 nitrogen and oxygen atoms in total. The Bertz CT molecular complexity index is 397. The van der Waals surface area contributed by atoms with E-state index in [1.165, 1.54) is 11.3 Å². The van der Waals surface area contributed by atoms with Gasteiger partial charge in [-0.3, -0.25) is 4.90 Å². The summed E-state index contributed by atoms with van der Waals surface area (Å²) in [4.78, 5) is 4.65. The van der Waals surface area contributed by atoms with Crippen LogP contribution in [0.2, 0.25) is 0 Å². The smallest absolute Gasteiger partial charge is 0.0897 e. The van der Waals surface area contributed by atoms with Crippen LogP contribution in [0.1, 0.15) is 12.0 Å². The van der Waals surface area contributed by atoms with E-state index < -0.39 is 6.10 Å². The highest BCUT2D eigenvalue weighted by Gasteiger charge is 2.17. The highest BCUT2D eigenvalue weighted by molar-refractivity contribution is 5.53. The third-order valence-electron chi connectivity index (χ3n) is 3.72. The van der Waals surface area contributed by atoms with Crippen LogP contribution in [0, 0.1) is 6.92 Å². The van der Waals surface area contributed by atoms with Crippen molar-refractivity contribution >= 4 is 5.69 Å². The minimum absolute atomic E-state index is 0.155. The molecule has 1 aliphatic heterocycles. The third-order valence-corrected chi connectivity index (χ3v) is 3.72. The zero-order valence-corrected chi connectivity index (χ0v) is 11.6. The van der Waals surface area contributed by atoms with E-state index in [2.05, 4.69) is 41.0 Å². The molecule has 1 saturated heterocycles. The molecule has 1 fully saturated rings. The maximum atomic E-state index is 9.52. The van der Waals surface area contributed by atoms with E-state index in [-0.39, 0.29) is 6.61 Å². The normalized spacial score (nSPS) is 19.2. The van der Waals surface area contributed by atoms with Crippen molar-refractivity contribution in [2.24, 2.45) is 0 Å². The van der Waals surface area contributed by atoms with E-state index in [0.29, 0.717) is 6.54 Å². The van der Waals surface area contributed by atoms with Gasteiger partial charge in [-0.05, 0) is 31.5 Å². The Hall–Kier alpha value is -1.10. The average Bonchev–Trinajstić information content (AvgIpc) is 2.65. The van der Waals surface area contributed by atoms with Crippen molar-refractivity contribution < 1.29 is 10.2 Å². The second-order valence-corrected chi connectivity index (χ2v) is 5.26. The predicted octanol–water partition coefficient (Wildman–Crippen LogP) is 0.860. The molecule has 1 aromatic rings. The Balaban J connectivity index is 1.95. The van der Waals surface area contributed by atoms with Gasteiger partial charge in [0.1, 0.15) is 0 Å². The summed E-state index contributed by atoms with van der Waals surface area (Å²) < 4.78 is 0. The Morgan fingerprint density at radius 3 is 2.68 bits per heavy atom. The van der Waals surface area contributed by atoms with Crippen LogP contribution in [-0.2, 0) is 0 Å². The summed E-state index contributed by atoms with van der Waals surface area (Å²) in [5.41, 5.74) is 2.62. The minimum atomic E-state index is -0.620. The number of aryl methyl sites for hydroxylation is 1. The van der Waals surface area contributed by atoms with E-state index in [1.807, 2.05) is 0 Å². The summed E-state index contributed by atoms with van der Waals surface area (Å²) in [7, 11) is 0. The summed E-state index contributed by atoms with van der Waals surface area (Å²) in [6, 6.07) is 8.47. The Kier molecular flexibility index (Phi) is 5.19. The molecule has 1 heterocycles. The lowest BCUT2D eigenvalue weighted by molar-refractivity contribution is 0.0612. The standard InChI is InChI=1S/C15H24N2O2/c1-13-5-2-3-6-15(13)17-8-4-7-16(9-10-17)11-14(19)12-18/h2-3,5-6,14,18-19H,4,7-12H2,1H3/t14-/m1/s1. The largest absolute Gasteiger partial charge is 0.394 e. The maximum absolute atomic E-state index is 9.52. The van der Waals surface area contributed by atoms with E-state index in [1.54, 1.807) is 0 Å².